The van der Waals surface area contributed by atoms with Crippen LogP contribution in [0.1, 0.15) is 6.42 Å². The predicted octanol–water partition coefficient (Wildman–Crippen LogP) is -2.02. The fraction of sp³-hybridized carbons (Fsp3) is 0.800. The summed E-state index contributed by atoms with van der Waals surface area (Å²) >= 11 is 0. The van der Waals surface area contributed by atoms with E-state index in [1.807, 2.05) is 0 Å². The van der Waals surface area contributed by atoms with E-state index in [0.717, 1.165) is 0 Å². The Hall–Kier alpha value is -1.38. The Kier molecular flexibility index (Phi) is 3.42. The molecule has 2 heterocycles. The highest BCUT2D eigenvalue weighted by Crippen LogP contribution is 2.20. The Bertz CT molecular complexity index is 344. The number of likely N-dealkylation sites (tertiary alicyclic amines) is 1. The summed E-state index contributed by atoms with van der Waals surface area (Å²) in [5.41, 5.74) is -1.41. The van der Waals surface area contributed by atoms with Crippen LogP contribution in [-0.4, -0.2) is 76.3 Å². The molecule has 0 aromatic carbocycles. The third-order valence-corrected chi connectivity index (χ3v) is 3.32. The largest absolute Gasteiger partial charge is 0.479 e. The van der Waals surface area contributed by atoms with Gasteiger partial charge in [0.25, 0.3) is 0 Å². The van der Waals surface area contributed by atoms with Gasteiger partial charge in [-0.15, -0.1) is 0 Å². The van der Waals surface area contributed by atoms with Crippen LogP contribution in [0.2, 0.25) is 0 Å². The number of carboxylic acid groups (broad SMARTS) is 1. The van der Waals surface area contributed by atoms with Gasteiger partial charge >= 0.3 is 12.0 Å². The highest BCUT2D eigenvalue weighted by atomic mass is 16.5. The van der Waals surface area contributed by atoms with E-state index in [1.165, 1.54) is 4.90 Å². The number of aliphatic carboxylic acids is 1. The molecule has 2 fully saturated rings. The highest BCUT2D eigenvalue weighted by Gasteiger charge is 2.45. The lowest BCUT2D eigenvalue weighted by atomic mass is 9.99. The SMILES string of the molecule is O=C(NC1(C(=O)O)CCOC1)N1CC(O)C(O)C1. The molecule has 2 aliphatic rings. The molecule has 2 amide bonds. The van der Waals surface area contributed by atoms with Crippen LogP contribution in [0.4, 0.5) is 4.79 Å². The number of rotatable bonds is 2. The lowest BCUT2D eigenvalue weighted by Crippen LogP contribution is -2.58. The average Bonchev–Trinajstić information content (AvgIpc) is 2.88. The molecule has 0 aromatic heterocycles. The first kappa shape index (κ1) is 13.1. The van der Waals surface area contributed by atoms with E-state index in [0.29, 0.717) is 0 Å². The molecule has 8 heteroatoms. The Morgan fingerprint density at radius 1 is 1.28 bits per heavy atom. The number of hydrogen-bond donors (Lipinski definition) is 4. The Balaban J connectivity index is 2.00. The minimum absolute atomic E-state index is 0.0104. The van der Waals surface area contributed by atoms with Crippen molar-refractivity contribution in [3.8, 4) is 0 Å². The van der Waals surface area contributed by atoms with Crippen molar-refractivity contribution in [1.29, 1.82) is 0 Å². The number of carbonyl (C=O) groups is 2. The molecule has 0 aliphatic carbocycles. The Morgan fingerprint density at radius 2 is 1.89 bits per heavy atom. The van der Waals surface area contributed by atoms with Crippen LogP contribution in [0.25, 0.3) is 0 Å². The summed E-state index contributed by atoms with van der Waals surface area (Å²) < 4.78 is 5.01. The summed E-state index contributed by atoms with van der Waals surface area (Å²) in [6, 6.07) is -0.612. The molecular formula is C10H16N2O6. The molecule has 0 aromatic rings. The van der Waals surface area contributed by atoms with Crippen LogP contribution in [0.15, 0.2) is 0 Å². The maximum Gasteiger partial charge on any atom is 0.332 e. The van der Waals surface area contributed by atoms with Gasteiger partial charge in [0.05, 0.1) is 31.9 Å². The molecule has 102 valence electrons. The number of aliphatic hydroxyl groups is 2. The topological polar surface area (TPSA) is 119 Å². The van der Waals surface area contributed by atoms with Crippen LogP contribution >= 0.6 is 0 Å². The fourth-order valence-electron chi connectivity index (χ4n) is 2.10. The molecule has 3 atom stereocenters. The Morgan fingerprint density at radius 3 is 2.33 bits per heavy atom. The molecule has 2 saturated heterocycles. The maximum absolute atomic E-state index is 11.9. The number of amides is 2. The summed E-state index contributed by atoms with van der Waals surface area (Å²) in [6.45, 7) is 0.179. The molecule has 0 radical (unpaired) electrons. The van der Waals surface area contributed by atoms with Gasteiger partial charge in [0.15, 0.2) is 5.54 Å². The molecule has 0 saturated carbocycles. The van der Waals surface area contributed by atoms with E-state index in [2.05, 4.69) is 5.32 Å². The van der Waals surface area contributed by atoms with Gasteiger partial charge in [-0.05, 0) is 0 Å². The smallest absolute Gasteiger partial charge is 0.332 e. The van der Waals surface area contributed by atoms with Gasteiger partial charge in [-0.1, -0.05) is 0 Å². The number of β-amino-alcohol motifs (C(OH)–C–C–N with tert-alkyl or cyclic N) is 2. The number of ether oxygens (including phenoxy) is 1. The fourth-order valence-corrected chi connectivity index (χ4v) is 2.10. The van der Waals surface area contributed by atoms with E-state index >= 15 is 0 Å². The first-order valence-electron chi connectivity index (χ1n) is 5.69. The van der Waals surface area contributed by atoms with Gasteiger partial charge in [-0.2, -0.15) is 0 Å². The summed E-state index contributed by atoms with van der Waals surface area (Å²) in [5.74, 6) is -1.14. The molecule has 0 bridgehead atoms. The minimum Gasteiger partial charge on any atom is -0.479 e. The second-order valence-electron chi connectivity index (χ2n) is 4.66. The van der Waals surface area contributed by atoms with Crippen LogP contribution < -0.4 is 5.32 Å². The van der Waals surface area contributed by atoms with E-state index in [-0.39, 0.29) is 32.7 Å². The van der Waals surface area contributed by atoms with E-state index in [9.17, 15) is 19.8 Å². The summed E-state index contributed by atoms with van der Waals surface area (Å²) in [4.78, 5) is 24.3. The predicted molar refractivity (Wildman–Crippen MR) is 57.9 cm³/mol. The van der Waals surface area contributed by atoms with Crippen molar-refractivity contribution in [3.05, 3.63) is 0 Å². The lowest BCUT2D eigenvalue weighted by molar-refractivity contribution is -0.144. The normalized spacial score (nSPS) is 35.8. The van der Waals surface area contributed by atoms with Gasteiger partial charge in [-0.25, -0.2) is 9.59 Å². The minimum atomic E-state index is -1.41. The molecule has 3 unspecified atom stereocenters. The number of urea groups is 1. The summed E-state index contributed by atoms with van der Waals surface area (Å²) in [7, 11) is 0. The van der Waals surface area contributed by atoms with Crippen molar-refractivity contribution >= 4 is 12.0 Å². The molecule has 18 heavy (non-hydrogen) atoms. The van der Waals surface area contributed by atoms with Gasteiger partial charge in [0.1, 0.15) is 0 Å². The first-order valence-corrected chi connectivity index (χ1v) is 5.69. The summed E-state index contributed by atoms with van der Waals surface area (Å²) in [6.07, 6.45) is -1.78. The quantitative estimate of drug-likeness (QED) is 0.455. The third-order valence-electron chi connectivity index (χ3n) is 3.32. The van der Waals surface area contributed by atoms with E-state index < -0.39 is 29.7 Å². The highest BCUT2D eigenvalue weighted by molar-refractivity contribution is 5.86. The molecular weight excluding hydrogens is 244 g/mol. The van der Waals surface area contributed by atoms with E-state index in [4.69, 9.17) is 9.84 Å². The zero-order chi connectivity index (χ0) is 13.3. The number of carboxylic acids is 1. The van der Waals surface area contributed by atoms with Crippen LogP contribution in [0.3, 0.4) is 0 Å². The van der Waals surface area contributed by atoms with Gasteiger partial charge in [0, 0.05) is 13.0 Å². The molecule has 2 aliphatic heterocycles. The zero-order valence-corrected chi connectivity index (χ0v) is 9.70. The monoisotopic (exact) mass is 260 g/mol. The van der Waals surface area contributed by atoms with Crippen LogP contribution in [0.5, 0.6) is 0 Å². The number of hydrogen-bond acceptors (Lipinski definition) is 5. The zero-order valence-electron chi connectivity index (χ0n) is 9.70. The van der Waals surface area contributed by atoms with Crippen LogP contribution in [0, 0.1) is 0 Å². The molecule has 8 nitrogen and oxygen atoms in total. The van der Waals surface area contributed by atoms with Crippen molar-refractivity contribution in [2.45, 2.75) is 24.2 Å². The lowest BCUT2D eigenvalue weighted by Gasteiger charge is -2.27. The maximum atomic E-state index is 11.9. The number of carbonyl (C=O) groups excluding carboxylic acids is 1. The average molecular weight is 260 g/mol. The van der Waals surface area contributed by atoms with Crippen molar-refractivity contribution in [2.75, 3.05) is 26.3 Å². The number of nitrogens with zero attached hydrogens (tertiary/aromatic N) is 1. The van der Waals surface area contributed by atoms with Crippen molar-refractivity contribution in [3.63, 3.8) is 0 Å². The van der Waals surface area contributed by atoms with Gasteiger partial charge in [0.2, 0.25) is 0 Å². The summed E-state index contributed by atoms with van der Waals surface area (Å²) in [5, 5.41) is 30.2. The van der Waals surface area contributed by atoms with E-state index in [1.54, 1.807) is 0 Å². The van der Waals surface area contributed by atoms with Crippen LogP contribution in [-0.2, 0) is 9.53 Å². The van der Waals surface area contributed by atoms with Crippen molar-refractivity contribution in [2.24, 2.45) is 0 Å². The number of aliphatic hydroxyl groups excluding tert-OH is 2. The third kappa shape index (κ3) is 2.26. The first-order chi connectivity index (χ1) is 8.44. The van der Waals surface area contributed by atoms with Gasteiger partial charge in [-0.3, -0.25) is 0 Å². The number of nitrogens with one attached hydrogen (secondary N) is 1. The molecule has 0 spiro atoms. The second-order valence-corrected chi connectivity index (χ2v) is 4.66. The Labute approximate surface area is 103 Å². The van der Waals surface area contributed by atoms with Crippen molar-refractivity contribution in [1.82, 2.24) is 10.2 Å². The second kappa shape index (κ2) is 4.71. The molecule has 4 N–H and O–H groups in total. The van der Waals surface area contributed by atoms with Crippen molar-refractivity contribution < 1.29 is 29.6 Å². The van der Waals surface area contributed by atoms with Gasteiger partial charge < -0.3 is 30.3 Å². The standard InChI is InChI=1S/C10H16N2O6/c13-6-3-12(4-7(6)14)9(17)11-10(8(15)16)1-2-18-5-10/h6-7,13-14H,1-5H2,(H,11,17)(H,15,16). The molecule has 2 rings (SSSR count).